The van der Waals surface area contributed by atoms with Crippen molar-refractivity contribution in [3.05, 3.63) is 76.6 Å². The molecule has 6 nitrogen and oxygen atoms in total. The number of aliphatic hydroxyl groups is 1. The van der Waals surface area contributed by atoms with Gasteiger partial charge >= 0.3 is 5.97 Å². The van der Waals surface area contributed by atoms with Gasteiger partial charge in [-0.3, -0.25) is 14.5 Å². The normalized spacial score (nSPS) is 16.6. The quantitative estimate of drug-likeness (QED) is 0.708. The van der Waals surface area contributed by atoms with Crippen molar-refractivity contribution in [2.24, 2.45) is 5.41 Å². The summed E-state index contributed by atoms with van der Waals surface area (Å²) in [5, 5.41) is 10.7. The topological polar surface area (TPSA) is 83.9 Å². The van der Waals surface area contributed by atoms with E-state index < -0.39 is 29.1 Å². The number of aryl methyl sites for hydroxylation is 1. The molecule has 1 amide bonds. The van der Waals surface area contributed by atoms with Crippen LogP contribution in [0.2, 0.25) is 0 Å². The molecule has 0 fully saturated rings. The number of aliphatic hydroxyl groups excluding tert-OH is 1. The van der Waals surface area contributed by atoms with Gasteiger partial charge in [0.2, 0.25) is 0 Å². The second kappa shape index (κ2) is 8.38. The Morgan fingerprint density at radius 3 is 2.29 bits per heavy atom. The fourth-order valence-corrected chi connectivity index (χ4v) is 3.64. The summed E-state index contributed by atoms with van der Waals surface area (Å²) in [6.07, 6.45) is 0. The number of Topliss-reactive ketones (excluding diaryl/α,β-unsaturated/α-hetero) is 1. The van der Waals surface area contributed by atoms with E-state index in [-0.39, 0.29) is 18.0 Å². The summed E-state index contributed by atoms with van der Waals surface area (Å²) in [6.45, 7) is 9.17. The summed E-state index contributed by atoms with van der Waals surface area (Å²) in [4.78, 5) is 39.7. The van der Waals surface area contributed by atoms with Crippen molar-refractivity contribution in [1.82, 2.24) is 0 Å². The van der Waals surface area contributed by atoms with Crippen LogP contribution in [-0.2, 0) is 14.3 Å². The van der Waals surface area contributed by atoms with Crippen LogP contribution < -0.4 is 4.90 Å². The van der Waals surface area contributed by atoms with Gasteiger partial charge in [0.05, 0.1) is 23.8 Å². The lowest BCUT2D eigenvalue weighted by atomic mass is 9.82. The Hall–Kier alpha value is -3.41. The van der Waals surface area contributed by atoms with Gasteiger partial charge in [-0.25, -0.2) is 4.79 Å². The molecule has 1 heterocycles. The van der Waals surface area contributed by atoms with Gasteiger partial charge in [-0.15, -0.1) is 0 Å². The molecule has 162 valence electrons. The maximum atomic E-state index is 13.2. The van der Waals surface area contributed by atoms with Crippen molar-refractivity contribution in [2.75, 3.05) is 11.5 Å². The molecular formula is C25H27NO5. The molecule has 2 aromatic rings. The zero-order valence-electron chi connectivity index (χ0n) is 18.4. The molecule has 0 aliphatic carbocycles. The number of hydrogen-bond donors (Lipinski definition) is 1. The Balaban J connectivity index is 2.12. The van der Waals surface area contributed by atoms with Crippen molar-refractivity contribution in [3.63, 3.8) is 0 Å². The van der Waals surface area contributed by atoms with E-state index >= 15 is 0 Å². The zero-order chi connectivity index (χ0) is 22.9. The molecule has 1 unspecified atom stereocenters. The highest BCUT2D eigenvalue weighted by atomic mass is 16.5. The molecule has 1 aliphatic heterocycles. The molecule has 0 bridgehead atoms. The minimum absolute atomic E-state index is 0.0811. The summed E-state index contributed by atoms with van der Waals surface area (Å²) in [5.74, 6) is -1.94. The van der Waals surface area contributed by atoms with Gasteiger partial charge in [0.25, 0.3) is 5.91 Å². The molecule has 31 heavy (non-hydrogen) atoms. The first-order chi connectivity index (χ1) is 14.6. The SMILES string of the molecule is CCOC(=O)c1ccc(N2C(=O)C(O)=C(C(=O)C(C)(C)C)C2c2cccc(C)c2)cc1. The Morgan fingerprint density at radius 1 is 1.10 bits per heavy atom. The molecule has 6 heteroatoms. The number of rotatable bonds is 5. The van der Waals surface area contributed by atoms with Gasteiger partial charge < -0.3 is 9.84 Å². The van der Waals surface area contributed by atoms with Crippen LogP contribution in [0.25, 0.3) is 0 Å². The molecular weight excluding hydrogens is 394 g/mol. The van der Waals surface area contributed by atoms with Crippen molar-refractivity contribution in [3.8, 4) is 0 Å². The molecule has 2 aromatic carbocycles. The van der Waals surface area contributed by atoms with Gasteiger partial charge in [-0.1, -0.05) is 50.6 Å². The second-order valence-electron chi connectivity index (χ2n) is 8.60. The molecule has 0 radical (unpaired) electrons. The Morgan fingerprint density at radius 2 is 1.74 bits per heavy atom. The number of benzene rings is 2. The number of hydrogen-bond acceptors (Lipinski definition) is 5. The lowest BCUT2D eigenvalue weighted by Crippen LogP contribution is -2.32. The van der Waals surface area contributed by atoms with Crippen molar-refractivity contribution < 1.29 is 24.2 Å². The molecule has 0 spiro atoms. The van der Waals surface area contributed by atoms with E-state index in [9.17, 15) is 19.5 Å². The van der Waals surface area contributed by atoms with Crippen LogP contribution in [-0.4, -0.2) is 29.4 Å². The molecule has 3 rings (SSSR count). The van der Waals surface area contributed by atoms with E-state index in [0.29, 0.717) is 11.3 Å². The summed E-state index contributed by atoms with van der Waals surface area (Å²) in [5.41, 5.74) is 1.81. The summed E-state index contributed by atoms with van der Waals surface area (Å²) >= 11 is 0. The first-order valence-corrected chi connectivity index (χ1v) is 10.2. The number of carbonyl (C=O) groups excluding carboxylic acids is 3. The second-order valence-corrected chi connectivity index (χ2v) is 8.60. The largest absolute Gasteiger partial charge is 0.503 e. The van der Waals surface area contributed by atoms with Gasteiger partial charge in [-0.05, 0) is 43.7 Å². The fraction of sp³-hybridized carbons (Fsp3) is 0.320. The number of ether oxygens (including phenoxy) is 1. The smallest absolute Gasteiger partial charge is 0.338 e. The molecule has 0 aromatic heterocycles. The first-order valence-electron chi connectivity index (χ1n) is 10.2. The Kier molecular flexibility index (Phi) is 6.02. The third-order valence-corrected chi connectivity index (χ3v) is 5.15. The number of amides is 1. The number of ketones is 1. The predicted octanol–water partition coefficient (Wildman–Crippen LogP) is 4.69. The standard InChI is InChI=1S/C25H27NO5/c1-6-31-24(30)16-10-12-18(13-11-16)26-20(17-9-7-8-15(2)14-17)19(21(27)23(26)29)22(28)25(3,4)5/h7-14,20,27H,6H2,1-5H3. The van der Waals surface area contributed by atoms with Crippen molar-refractivity contribution in [2.45, 2.75) is 40.7 Å². The van der Waals surface area contributed by atoms with E-state index in [1.54, 1.807) is 52.0 Å². The lowest BCUT2D eigenvalue weighted by Gasteiger charge is -2.29. The van der Waals surface area contributed by atoms with Crippen LogP contribution in [0, 0.1) is 12.3 Å². The molecule has 1 N–H and O–H groups in total. The van der Waals surface area contributed by atoms with Gasteiger partial charge in [0.1, 0.15) is 0 Å². The molecule has 0 saturated carbocycles. The first kappa shape index (κ1) is 22.3. The average Bonchev–Trinajstić information content (AvgIpc) is 2.98. The van der Waals surface area contributed by atoms with Crippen molar-refractivity contribution in [1.29, 1.82) is 0 Å². The van der Waals surface area contributed by atoms with Gasteiger partial charge in [0.15, 0.2) is 11.5 Å². The number of esters is 1. The number of nitrogens with zero attached hydrogens (tertiary/aromatic N) is 1. The highest BCUT2D eigenvalue weighted by Gasteiger charge is 2.46. The molecule has 0 saturated heterocycles. The predicted molar refractivity (Wildman–Crippen MR) is 118 cm³/mol. The third kappa shape index (κ3) is 4.24. The summed E-state index contributed by atoms with van der Waals surface area (Å²) in [7, 11) is 0. The minimum Gasteiger partial charge on any atom is -0.503 e. The monoisotopic (exact) mass is 421 g/mol. The van der Waals surface area contributed by atoms with Gasteiger partial charge in [0, 0.05) is 11.1 Å². The lowest BCUT2D eigenvalue weighted by molar-refractivity contribution is -0.123. The summed E-state index contributed by atoms with van der Waals surface area (Å²) in [6, 6.07) is 13.1. The van der Waals surface area contributed by atoms with E-state index in [4.69, 9.17) is 4.74 Å². The van der Waals surface area contributed by atoms with Crippen LogP contribution in [0.5, 0.6) is 0 Å². The van der Waals surface area contributed by atoms with E-state index in [2.05, 4.69) is 0 Å². The highest BCUT2D eigenvalue weighted by molar-refractivity contribution is 6.17. The number of anilines is 1. The molecule has 1 atom stereocenters. The van der Waals surface area contributed by atoms with E-state index in [1.807, 2.05) is 31.2 Å². The zero-order valence-corrected chi connectivity index (χ0v) is 18.4. The van der Waals surface area contributed by atoms with Gasteiger partial charge in [-0.2, -0.15) is 0 Å². The van der Waals surface area contributed by atoms with Crippen LogP contribution in [0.1, 0.15) is 55.2 Å². The Bertz CT molecular complexity index is 1060. The number of carbonyl (C=O) groups is 3. The van der Waals surface area contributed by atoms with E-state index in [0.717, 1.165) is 11.1 Å². The average molecular weight is 421 g/mol. The molecule has 1 aliphatic rings. The van der Waals surface area contributed by atoms with Crippen LogP contribution in [0.4, 0.5) is 5.69 Å². The van der Waals surface area contributed by atoms with Crippen LogP contribution in [0.15, 0.2) is 59.9 Å². The minimum atomic E-state index is -0.782. The maximum absolute atomic E-state index is 13.2. The third-order valence-electron chi connectivity index (χ3n) is 5.15. The highest BCUT2D eigenvalue weighted by Crippen LogP contribution is 2.43. The Labute approximate surface area is 182 Å². The summed E-state index contributed by atoms with van der Waals surface area (Å²) < 4.78 is 5.01. The van der Waals surface area contributed by atoms with Crippen LogP contribution >= 0.6 is 0 Å². The van der Waals surface area contributed by atoms with E-state index in [1.165, 1.54) is 4.90 Å². The maximum Gasteiger partial charge on any atom is 0.338 e. The van der Waals surface area contributed by atoms with Crippen molar-refractivity contribution >= 4 is 23.3 Å². The van der Waals surface area contributed by atoms with Crippen LogP contribution in [0.3, 0.4) is 0 Å². The fourth-order valence-electron chi connectivity index (χ4n) is 3.64.